The summed E-state index contributed by atoms with van der Waals surface area (Å²) in [4.78, 5) is 11.6. The highest BCUT2D eigenvalue weighted by Crippen LogP contribution is 2.25. The molecule has 9 heteroatoms. The number of nitrogens with zero attached hydrogens (tertiary/aromatic N) is 3. The number of carbonyl (C=O) groups excluding carboxylic acids is 1. The molecule has 0 atom stereocenters. The van der Waals surface area contributed by atoms with Crippen LogP contribution in [0.3, 0.4) is 0 Å². The molecule has 0 aliphatic rings. The van der Waals surface area contributed by atoms with Gasteiger partial charge in [0, 0.05) is 37.1 Å². The third kappa shape index (κ3) is 4.14. The quantitative estimate of drug-likeness (QED) is 0.797. The Hall–Kier alpha value is -2.71. The molecular formula is C13H15F2N5O2. The fourth-order valence-electron chi connectivity index (χ4n) is 1.80. The average Bonchev–Trinajstić information content (AvgIpc) is 2.96. The summed E-state index contributed by atoms with van der Waals surface area (Å²) in [5, 5.41) is 12.4. The van der Waals surface area contributed by atoms with E-state index in [1.165, 1.54) is 0 Å². The van der Waals surface area contributed by atoms with Crippen molar-refractivity contribution in [3.05, 3.63) is 36.2 Å². The maximum absolute atomic E-state index is 13.5. The van der Waals surface area contributed by atoms with Crippen LogP contribution < -0.4 is 15.4 Å². The Bertz CT molecular complexity index is 610. The van der Waals surface area contributed by atoms with Crippen LogP contribution in [0, 0.1) is 11.6 Å². The lowest BCUT2D eigenvalue weighted by atomic mass is 10.2. The van der Waals surface area contributed by atoms with E-state index in [1.807, 2.05) is 0 Å². The molecule has 22 heavy (non-hydrogen) atoms. The molecular weight excluding hydrogens is 296 g/mol. The van der Waals surface area contributed by atoms with Gasteiger partial charge in [-0.2, -0.15) is 0 Å². The van der Waals surface area contributed by atoms with Gasteiger partial charge in [0.25, 0.3) is 0 Å². The third-order valence-electron chi connectivity index (χ3n) is 2.78. The second-order valence-corrected chi connectivity index (χ2v) is 4.37. The predicted octanol–water partition coefficient (Wildman–Crippen LogP) is 1.78. The number of ether oxygens (including phenoxy) is 1. The maximum atomic E-state index is 13.5. The molecule has 0 radical (unpaired) electrons. The van der Waals surface area contributed by atoms with Crippen molar-refractivity contribution in [1.29, 1.82) is 0 Å². The Morgan fingerprint density at radius 1 is 1.36 bits per heavy atom. The van der Waals surface area contributed by atoms with Crippen molar-refractivity contribution >= 4 is 11.7 Å². The number of halogens is 2. The molecule has 7 nitrogen and oxygen atoms in total. The zero-order valence-electron chi connectivity index (χ0n) is 11.8. The van der Waals surface area contributed by atoms with Crippen molar-refractivity contribution < 1.29 is 18.3 Å². The number of hydrogen-bond acceptors (Lipinski definition) is 4. The Morgan fingerprint density at radius 2 is 2.09 bits per heavy atom. The van der Waals surface area contributed by atoms with Crippen LogP contribution in [0.5, 0.6) is 5.75 Å². The highest BCUT2D eigenvalue weighted by atomic mass is 19.1. The van der Waals surface area contributed by atoms with Crippen LogP contribution in [-0.4, -0.2) is 34.7 Å². The van der Waals surface area contributed by atoms with Gasteiger partial charge < -0.3 is 15.4 Å². The highest BCUT2D eigenvalue weighted by molar-refractivity contribution is 5.89. The summed E-state index contributed by atoms with van der Waals surface area (Å²) in [6.07, 6.45) is 3.91. The SMILES string of the molecule is COc1c(F)cc(NC(=O)NCCCn2ccnn2)cc1F. The van der Waals surface area contributed by atoms with Crippen LogP contribution in [0.15, 0.2) is 24.5 Å². The molecule has 118 valence electrons. The van der Waals surface area contributed by atoms with Crippen LogP contribution in [0.4, 0.5) is 19.3 Å². The smallest absolute Gasteiger partial charge is 0.319 e. The molecule has 2 aromatic rings. The summed E-state index contributed by atoms with van der Waals surface area (Å²) in [6.45, 7) is 0.985. The van der Waals surface area contributed by atoms with Gasteiger partial charge in [-0.3, -0.25) is 4.68 Å². The van der Waals surface area contributed by atoms with Crippen LogP contribution in [0.1, 0.15) is 6.42 Å². The molecule has 2 rings (SSSR count). The van der Waals surface area contributed by atoms with E-state index < -0.39 is 23.4 Å². The minimum atomic E-state index is -0.885. The standard InChI is InChI=1S/C13H15F2N5O2/c1-22-12-10(14)7-9(8-11(12)15)18-13(21)16-3-2-5-20-6-4-17-19-20/h4,6-8H,2-3,5H2,1H3,(H2,16,18,21). The lowest BCUT2D eigenvalue weighted by Gasteiger charge is -2.09. The number of rotatable bonds is 6. The van der Waals surface area contributed by atoms with Gasteiger partial charge >= 0.3 is 6.03 Å². The molecule has 0 aliphatic heterocycles. The largest absolute Gasteiger partial charge is 0.491 e. The number of amides is 2. The van der Waals surface area contributed by atoms with E-state index in [1.54, 1.807) is 17.1 Å². The third-order valence-corrected chi connectivity index (χ3v) is 2.78. The summed E-state index contributed by atoms with van der Waals surface area (Å²) in [6, 6.07) is 1.41. The zero-order chi connectivity index (χ0) is 15.9. The first-order valence-corrected chi connectivity index (χ1v) is 6.52. The van der Waals surface area contributed by atoms with Crippen LogP contribution in [0.25, 0.3) is 0 Å². The second kappa shape index (κ2) is 7.34. The summed E-state index contributed by atoms with van der Waals surface area (Å²) in [5.41, 5.74) is 0.00424. The summed E-state index contributed by atoms with van der Waals surface area (Å²) in [7, 11) is 1.16. The van der Waals surface area contributed by atoms with E-state index in [9.17, 15) is 13.6 Å². The van der Waals surface area contributed by atoms with E-state index >= 15 is 0 Å². The first kappa shape index (κ1) is 15.7. The molecule has 0 saturated heterocycles. The number of hydrogen-bond donors (Lipinski definition) is 2. The van der Waals surface area contributed by atoms with Crippen molar-refractivity contribution in [2.75, 3.05) is 19.0 Å². The molecule has 1 aromatic heterocycles. The van der Waals surface area contributed by atoms with Gasteiger partial charge in [0.15, 0.2) is 17.4 Å². The lowest BCUT2D eigenvalue weighted by Crippen LogP contribution is -2.30. The summed E-state index contributed by atoms with van der Waals surface area (Å²) in [5.74, 6) is -2.26. The number of anilines is 1. The lowest BCUT2D eigenvalue weighted by molar-refractivity contribution is 0.251. The van der Waals surface area contributed by atoms with Gasteiger partial charge in [-0.25, -0.2) is 13.6 Å². The normalized spacial score (nSPS) is 10.3. The fourth-order valence-corrected chi connectivity index (χ4v) is 1.80. The average molecular weight is 311 g/mol. The molecule has 1 aromatic carbocycles. The van der Waals surface area contributed by atoms with Gasteiger partial charge in [-0.1, -0.05) is 5.21 Å². The van der Waals surface area contributed by atoms with E-state index in [0.717, 1.165) is 19.2 Å². The minimum Gasteiger partial charge on any atom is -0.491 e. The minimum absolute atomic E-state index is 0.00424. The Balaban J connectivity index is 1.79. The van der Waals surface area contributed by atoms with Gasteiger partial charge in [-0.05, 0) is 6.42 Å². The summed E-state index contributed by atoms with van der Waals surface area (Å²) >= 11 is 0. The van der Waals surface area contributed by atoms with Crippen LogP contribution >= 0.6 is 0 Å². The van der Waals surface area contributed by atoms with E-state index in [4.69, 9.17) is 0 Å². The molecule has 0 aliphatic carbocycles. The van der Waals surface area contributed by atoms with Crippen molar-refractivity contribution in [2.24, 2.45) is 0 Å². The molecule has 0 fully saturated rings. The molecule has 0 saturated carbocycles. The van der Waals surface area contributed by atoms with Crippen molar-refractivity contribution in [3.8, 4) is 5.75 Å². The number of aryl methyl sites for hydroxylation is 1. The fraction of sp³-hybridized carbons (Fsp3) is 0.308. The number of urea groups is 1. The van der Waals surface area contributed by atoms with Crippen LogP contribution in [0.2, 0.25) is 0 Å². The number of carbonyl (C=O) groups is 1. The van der Waals surface area contributed by atoms with Gasteiger partial charge in [0.05, 0.1) is 13.3 Å². The maximum Gasteiger partial charge on any atom is 0.319 e. The first-order valence-electron chi connectivity index (χ1n) is 6.52. The monoisotopic (exact) mass is 311 g/mol. The number of nitrogens with one attached hydrogen (secondary N) is 2. The Morgan fingerprint density at radius 3 is 2.68 bits per heavy atom. The molecule has 0 unspecified atom stereocenters. The van der Waals surface area contributed by atoms with E-state index in [0.29, 0.717) is 19.5 Å². The Labute approximate surface area is 125 Å². The van der Waals surface area contributed by atoms with Gasteiger partial charge in [0.2, 0.25) is 0 Å². The molecule has 2 N–H and O–H groups in total. The van der Waals surface area contributed by atoms with Crippen molar-refractivity contribution in [3.63, 3.8) is 0 Å². The van der Waals surface area contributed by atoms with Gasteiger partial charge in [-0.15, -0.1) is 5.10 Å². The van der Waals surface area contributed by atoms with Crippen molar-refractivity contribution in [1.82, 2.24) is 20.3 Å². The number of aromatic nitrogens is 3. The second-order valence-electron chi connectivity index (χ2n) is 4.37. The van der Waals surface area contributed by atoms with E-state index in [-0.39, 0.29) is 5.69 Å². The molecule has 0 bridgehead atoms. The number of benzene rings is 1. The Kier molecular flexibility index (Phi) is 5.23. The highest BCUT2D eigenvalue weighted by Gasteiger charge is 2.12. The van der Waals surface area contributed by atoms with Crippen molar-refractivity contribution in [2.45, 2.75) is 13.0 Å². The number of methoxy groups -OCH3 is 1. The zero-order valence-corrected chi connectivity index (χ0v) is 11.8. The summed E-state index contributed by atoms with van der Waals surface area (Å²) < 4.78 is 33.1. The van der Waals surface area contributed by atoms with E-state index in [2.05, 4.69) is 25.7 Å². The first-order chi connectivity index (χ1) is 10.6. The van der Waals surface area contributed by atoms with Gasteiger partial charge in [0.1, 0.15) is 0 Å². The van der Waals surface area contributed by atoms with Crippen LogP contribution in [-0.2, 0) is 6.54 Å². The molecule has 0 spiro atoms. The molecule has 1 heterocycles. The predicted molar refractivity (Wildman–Crippen MR) is 74.6 cm³/mol. The topological polar surface area (TPSA) is 81.1 Å². The molecule has 2 amide bonds.